The predicted molar refractivity (Wildman–Crippen MR) is 46.2 cm³/mol. The van der Waals surface area contributed by atoms with Gasteiger partial charge in [-0.2, -0.15) is 0 Å². The number of hydrogen-bond donors (Lipinski definition) is 1. The standard InChI is InChI=1S/C8H11N3O/c1-6(2)10-8-9-4-3-7(5-12)11-8/h3-6H,1-2H3,(H,9,10,11). The number of hydrogen-bond acceptors (Lipinski definition) is 4. The summed E-state index contributed by atoms with van der Waals surface area (Å²) in [6.45, 7) is 3.97. The normalized spacial score (nSPS) is 9.92. The summed E-state index contributed by atoms with van der Waals surface area (Å²) in [5, 5.41) is 3.00. The Morgan fingerprint density at radius 3 is 2.92 bits per heavy atom. The molecule has 1 heterocycles. The molecule has 1 rings (SSSR count). The van der Waals surface area contributed by atoms with Crippen molar-refractivity contribution in [1.29, 1.82) is 0 Å². The fourth-order valence-corrected chi connectivity index (χ4v) is 0.766. The molecular weight excluding hydrogens is 154 g/mol. The Balaban J connectivity index is 2.79. The van der Waals surface area contributed by atoms with E-state index in [1.165, 1.54) is 0 Å². The molecule has 0 saturated heterocycles. The lowest BCUT2D eigenvalue weighted by Crippen LogP contribution is -2.12. The van der Waals surface area contributed by atoms with Crippen LogP contribution >= 0.6 is 0 Å². The van der Waals surface area contributed by atoms with Crippen LogP contribution < -0.4 is 5.32 Å². The van der Waals surface area contributed by atoms with E-state index in [0.29, 0.717) is 17.9 Å². The summed E-state index contributed by atoms with van der Waals surface area (Å²) >= 11 is 0. The second-order valence-corrected chi connectivity index (χ2v) is 2.72. The smallest absolute Gasteiger partial charge is 0.223 e. The average Bonchev–Trinajstić information content (AvgIpc) is 2.03. The number of anilines is 1. The van der Waals surface area contributed by atoms with Crippen LogP contribution in [0.3, 0.4) is 0 Å². The van der Waals surface area contributed by atoms with Crippen LogP contribution in [0.5, 0.6) is 0 Å². The van der Waals surface area contributed by atoms with Crippen LogP contribution in [-0.4, -0.2) is 22.3 Å². The number of carbonyl (C=O) groups is 1. The first-order valence-electron chi connectivity index (χ1n) is 3.77. The van der Waals surface area contributed by atoms with Gasteiger partial charge >= 0.3 is 0 Å². The van der Waals surface area contributed by atoms with E-state index in [1.54, 1.807) is 12.3 Å². The van der Waals surface area contributed by atoms with Gasteiger partial charge in [-0.15, -0.1) is 0 Å². The second-order valence-electron chi connectivity index (χ2n) is 2.72. The molecule has 0 amide bonds. The van der Waals surface area contributed by atoms with Crippen molar-refractivity contribution in [1.82, 2.24) is 9.97 Å². The lowest BCUT2D eigenvalue weighted by molar-refractivity contribution is 0.111. The molecule has 0 unspecified atom stereocenters. The summed E-state index contributed by atoms with van der Waals surface area (Å²) in [7, 11) is 0. The van der Waals surface area contributed by atoms with Gasteiger partial charge in [-0.1, -0.05) is 0 Å². The van der Waals surface area contributed by atoms with Crippen LogP contribution in [0.25, 0.3) is 0 Å². The highest BCUT2D eigenvalue weighted by Gasteiger charge is 1.98. The van der Waals surface area contributed by atoms with Crippen molar-refractivity contribution in [2.45, 2.75) is 19.9 Å². The zero-order valence-electron chi connectivity index (χ0n) is 7.11. The molecule has 0 aliphatic carbocycles. The molecule has 1 aromatic rings. The number of aldehydes is 1. The summed E-state index contributed by atoms with van der Waals surface area (Å²) in [5.74, 6) is 0.495. The molecule has 0 fully saturated rings. The largest absolute Gasteiger partial charge is 0.352 e. The summed E-state index contributed by atoms with van der Waals surface area (Å²) < 4.78 is 0. The Morgan fingerprint density at radius 1 is 1.58 bits per heavy atom. The molecule has 0 radical (unpaired) electrons. The van der Waals surface area contributed by atoms with E-state index >= 15 is 0 Å². The van der Waals surface area contributed by atoms with Crippen molar-refractivity contribution in [2.75, 3.05) is 5.32 Å². The first-order chi connectivity index (χ1) is 5.72. The Kier molecular flexibility index (Phi) is 2.74. The molecule has 0 bridgehead atoms. The summed E-state index contributed by atoms with van der Waals surface area (Å²) in [5.41, 5.74) is 0.396. The molecule has 4 nitrogen and oxygen atoms in total. The minimum Gasteiger partial charge on any atom is -0.352 e. The van der Waals surface area contributed by atoms with Crippen LogP contribution in [0.1, 0.15) is 24.3 Å². The van der Waals surface area contributed by atoms with Crippen molar-refractivity contribution in [3.8, 4) is 0 Å². The van der Waals surface area contributed by atoms with Crippen LogP contribution in [0.2, 0.25) is 0 Å². The first kappa shape index (κ1) is 8.64. The van der Waals surface area contributed by atoms with E-state index in [9.17, 15) is 4.79 Å². The van der Waals surface area contributed by atoms with Gasteiger partial charge in [0.05, 0.1) is 0 Å². The van der Waals surface area contributed by atoms with Crippen LogP contribution in [0.15, 0.2) is 12.3 Å². The van der Waals surface area contributed by atoms with Gasteiger partial charge < -0.3 is 5.32 Å². The Hall–Kier alpha value is -1.45. The van der Waals surface area contributed by atoms with Crippen LogP contribution in [0.4, 0.5) is 5.95 Å². The quantitative estimate of drug-likeness (QED) is 0.681. The molecule has 0 aromatic carbocycles. The highest BCUT2D eigenvalue weighted by Crippen LogP contribution is 1.99. The maximum absolute atomic E-state index is 10.3. The summed E-state index contributed by atoms with van der Waals surface area (Å²) in [6.07, 6.45) is 2.26. The van der Waals surface area contributed by atoms with Gasteiger partial charge in [0.15, 0.2) is 6.29 Å². The third-order valence-corrected chi connectivity index (χ3v) is 1.22. The Bertz CT molecular complexity index is 273. The minimum absolute atomic E-state index is 0.270. The molecule has 0 aliphatic heterocycles. The molecule has 64 valence electrons. The van der Waals surface area contributed by atoms with E-state index in [4.69, 9.17) is 0 Å². The van der Waals surface area contributed by atoms with Gasteiger partial charge in [0.2, 0.25) is 5.95 Å². The summed E-state index contributed by atoms with van der Waals surface area (Å²) in [4.78, 5) is 18.2. The topological polar surface area (TPSA) is 54.9 Å². The van der Waals surface area contributed by atoms with Crippen molar-refractivity contribution < 1.29 is 4.79 Å². The maximum Gasteiger partial charge on any atom is 0.223 e. The summed E-state index contributed by atoms with van der Waals surface area (Å²) in [6, 6.07) is 1.84. The lowest BCUT2D eigenvalue weighted by Gasteiger charge is -2.06. The Labute approximate surface area is 71.0 Å². The van der Waals surface area contributed by atoms with Gasteiger partial charge in [-0.25, -0.2) is 9.97 Å². The second kappa shape index (κ2) is 3.80. The number of carbonyl (C=O) groups excluding carboxylic acids is 1. The Morgan fingerprint density at radius 2 is 2.33 bits per heavy atom. The highest BCUT2D eigenvalue weighted by atomic mass is 16.1. The molecule has 1 N–H and O–H groups in total. The predicted octanol–water partition coefficient (Wildman–Crippen LogP) is 1.11. The fraction of sp³-hybridized carbons (Fsp3) is 0.375. The molecular formula is C8H11N3O. The molecule has 12 heavy (non-hydrogen) atoms. The SMILES string of the molecule is CC(C)Nc1nccc(C=O)n1. The minimum atomic E-state index is 0.270. The molecule has 4 heteroatoms. The van der Waals surface area contributed by atoms with Crippen molar-refractivity contribution >= 4 is 12.2 Å². The van der Waals surface area contributed by atoms with Gasteiger partial charge in [0, 0.05) is 12.2 Å². The molecule has 1 aromatic heterocycles. The monoisotopic (exact) mass is 165 g/mol. The third-order valence-electron chi connectivity index (χ3n) is 1.22. The van der Waals surface area contributed by atoms with Gasteiger partial charge in [0.25, 0.3) is 0 Å². The van der Waals surface area contributed by atoms with Crippen molar-refractivity contribution in [3.63, 3.8) is 0 Å². The molecule has 0 aliphatic rings. The number of aromatic nitrogens is 2. The van der Waals surface area contributed by atoms with Crippen molar-refractivity contribution in [3.05, 3.63) is 18.0 Å². The number of rotatable bonds is 3. The van der Waals surface area contributed by atoms with Crippen LogP contribution in [-0.2, 0) is 0 Å². The van der Waals surface area contributed by atoms with Crippen LogP contribution in [0, 0.1) is 0 Å². The van der Waals surface area contributed by atoms with E-state index in [-0.39, 0.29) is 6.04 Å². The zero-order chi connectivity index (χ0) is 8.97. The van der Waals surface area contributed by atoms with Crippen molar-refractivity contribution in [2.24, 2.45) is 0 Å². The number of nitrogens with zero attached hydrogens (tertiary/aromatic N) is 2. The lowest BCUT2D eigenvalue weighted by atomic mass is 10.4. The van der Waals surface area contributed by atoms with E-state index < -0.39 is 0 Å². The van der Waals surface area contributed by atoms with E-state index in [0.717, 1.165) is 0 Å². The highest BCUT2D eigenvalue weighted by molar-refractivity contribution is 5.71. The van der Waals surface area contributed by atoms with E-state index in [2.05, 4.69) is 15.3 Å². The zero-order valence-corrected chi connectivity index (χ0v) is 7.11. The average molecular weight is 165 g/mol. The van der Waals surface area contributed by atoms with E-state index in [1.807, 2.05) is 13.8 Å². The molecule has 0 spiro atoms. The van der Waals surface area contributed by atoms with Gasteiger partial charge in [-0.3, -0.25) is 4.79 Å². The first-order valence-corrected chi connectivity index (χ1v) is 3.77. The van der Waals surface area contributed by atoms with Gasteiger partial charge in [-0.05, 0) is 19.9 Å². The number of nitrogens with one attached hydrogen (secondary N) is 1. The molecule has 0 atom stereocenters. The van der Waals surface area contributed by atoms with Gasteiger partial charge in [0.1, 0.15) is 5.69 Å². The third kappa shape index (κ3) is 2.30. The fourth-order valence-electron chi connectivity index (χ4n) is 0.766. The molecule has 0 saturated carbocycles. The maximum atomic E-state index is 10.3.